The zero-order valence-corrected chi connectivity index (χ0v) is 10.6. The molecule has 0 aromatic carbocycles. The van der Waals surface area contributed by atoms with Crippen LogP contribution in [0.25, 0.3) is 0 Å². The van der Waals surface area contributed by atoms with Gasteiger partial charge in [-0.2, -0.15) is 0 Å². The van der Waals surface area contributed by atoms with Crippen LogP contribution in [-0.2, 0) is 0 Å². The zero-order valence-electron chi connectivity index (χ0n) is 9.67. The van der Waals surface area contributed by atoms with E-state index in [1.54, 1.807) is 57.5 Å². The Labute approximate surface area is 90.6 Å². The summed E-state index contributed by atoms with van der Waals surface area (Å²) in [5, 5.41) is 0. The van der Waals surface area contributed by atoms with Crippen LogP contribution in [0.15, 0.2) is 0 Å². The fourth-order valence-electron chi connectivity index (χ4n) is 3.39. The van der Waals surface area contributed by atoms with Gasteiger partial charge in [-0.1, -0.05) is 39.0 Å². The van der Waals surface area contributed by atoms with Crippen LogP contribution < -0.4 is 0 Å². The highest BCUT2D eigenvalue weighted by Crippen LogP contribution is 2.57. The quantitative estimate of drug-likeness (QED) is 0.589. The lowest BCUT2D eigenvalue weighted by Gasteiger charge is -2.29. The topological polar surface area (TPSA) is 0 Å². The summed E-state index contributed by atoms with van der Waals surface area (Å²) in [5.41, 5.74) is 2.38. The van der Waals surface area contributed by atoms with Gasteiger partial charge in [0, 0.05) is 0 Å². The van der Waals surface area contributed by atoms with Gasteiger partial charge in [-0.3, -0.25) is 0 Å². The van der Waals surface area contributed by atoms with E-state index in [1.165, 1.54) is 17.7 Å². The van der Waals surface area contributed by atoms with Gasteiger partial charge in [0.25, 0.3) is 0 Å². The minimum absolute atomic E-state index is 0.437. The molecule has 14 heavy (non-hydrogen) atoms. The fourth-order valence-corrected chi connectivity index (χ4v) is 7.29. The van der Waals surface area contributed by atoms with E-state index in [0.717, 1.165) is 0 Å². The third-order valence-corrected chi connectivity index (χ3v) is 7.94. The molecule has 2 saturated carbocycles. The van der Waals surface area contributed by atoms with Crippen molar-refractivity contribution in [1.82, 2.24) is 0 Å². The summed E-state index contributed by atoms with van der Waals surface area (Å²) in [6.45, 7) is 2.39. The Morgan fingerprint density at radius 1 is 0.857 bits per heavy atom. The van der Waals surface area contributed by atoms with Crippen molar-refractivity contribution in [3.05, 3.63) is 0 Å². The van der Waals surface area contributed by atoms with Crippen molar-refractivity contribution in [2.24, 2.45) is 0 Å². The van der Waals surface area contributed by atoms with Crippen LogP contribution in [0.1, 0.15) is 64.7 Å². The molecule has 0 radical (unpaired) electrons. The van der Waals surface area contributed by atoms with Crippen LogP contribution in [-0.4, -0.2) is 17.5 Å². The fraction of sp³-hybridized carbons (Fsp3) is 1.00. The summed E-state index contributed by atoms with van der Waals surface area (Å²) < 4.78 is 0. The Bertz CT molecular complexity index is 139. The van der Waals surface area contributed by atoms with Gasteiger partial charge in [-0.15, -0.1) is 7.92 Å². The minimum atomic E-state index is 0.437. The van der Waals surface area contributed by atoms with E-state index in [0.29, 0.717) is 7.92 Å². The van der Waals surface area contributed by atoms with Gasteiger partial charge in [-0.25, -0.2) is 0 Å². The maximum absolute atomic E-state index is 2.39. The Balaban J connectivity index is 1.91. The molecule has 0 nitrogen and oxygen atoms in total. The SMILES string of the molecule is CCCP(C1CCCC1)C1CCCC1. The molecular formula is C13H25P. The molecule has 1 heteroatoms. The lowest BCUT2D eigenvalue weighted by molar-refractivity contribution is 0.818. The van der Waals surface area contributed by atoms with E-state index in [2.05, 4.69) is 6.92 Å². The lowest BCUT2D eigenvalue weighted by Crippen LogP contribution is -2.12. The van der Waals surface area contributed by atoms with E-state index in [-0.39, 0.29) is 0 Å². The standard InChI is InChI=1S/C13H25P/c1-2-11-14(12-7-3-4-8-12)13-9-5-6-10-13/h12-13H,2-11H2,1H3. The van der Waals surface area contributed by atoms with E-state index in [1.807, 2.05) is 0 Å². The van der Waals surface area contributed by atoms with Gasteiger partial charge in [0.05, 0.1) is 0 Å². The highest BCUT2D eigenvalue weighted by atomic mass is 31.1. The summed E-state index contributed by atoms with van der Waals surface area (Å²) in [5.74, 6) is 0. The van der Waals surface area contributed by atoms with Crippen LogP contribution >= 0.6 is 7.92 Å². The Kier molecular flexibility index (Phi) is 4.29. The molecule has 0 saturated heterocycles. The molecule has 0 unspecified atom stereocenters. The molecule has 0 atom stereocenters. The lowest BCUT2D eigenvalue weighted by atomic mass is 10.4. The van der Waals surface area contributed by atoms with Crippen molar-refractivity contribution in [1.29, 1.82) is 0 Å². The summed E-state index contributed by atoms with van der Waals surface area (Å²) in [4.78, 5) is 0. The summed E-state index contributed by atoms with van der Waals surface area (Å²) >= 11 is 0. The van der Waals surface area contributed by atoms with Gasteiger partial charge in [-0.05, 0) is 43.2 Å². The molecule has 2 rings (SSSR count). The molecule has 82 valence electrons. The number of rotatable bonds is 4. The smallest absolute Gasteiger partial charge is 0.0207 e. The predicted octanol–water partition coefficient (Wildman–Crippen LogP) is 4.76. The van der Waals surface area contributed by atoms with E-state index in [4.69, 9.17) is 0 Å². The monoisotopic (exact) mass is 212 g/mol. The first-order valence-corrected chi connectivity index (χ1v) is 8.34. The Hall–Kier alpha value is 0.430. The molecule has 2 aliphatic rings. The van der Waals surface area contributed by atoms with Gasteiger partial charge < -0.3 is 0 Å². The molecule has 2 fully saturated rings. The zero-order chi connectivity index (χ0) is 9.80. The second kappa shape index (κ2) is 5.50. The van der Waals surface area contributed by atoms with E-state index in [9.17, 15) is 0 Å². The van der Waals surface area contributed by atoms with Crippen molar-refractivity contribution in [3.63, 3.8) is 0 Å². The third kappa shape index (κ3) is 2.51. The molecule has 0 aromatic heterocycles. The van der Waals surface area contributed by atoms with E-state index < -0.39 is 0 Å². The predicted molar refractivity (Wildman–Crippen MR) is 66.6 cm³/mol. The van der Waals surface area contributed by atoms with Crippen molar-refractivity contribution in [2.75, 3.05) is 6.16 Å². The maximum atomic E-state index is 2.39. The summed E-state index contributed by atoms with van der Waals surface area (Å²) in [6.07, 6.45) is 15.5. The molecule has 0 heterocycles. The third-order valence-electron chi connectivity index (χ3n) is 4.07. The molecular weight excluding hydrogens is 187 g/mol. The number of hydrogen-bond acceptors (Lipinski definition) is 0. The highest BCUT2D eigenvalue weighted by Gasteiger charge is 2.31. The average molecular weight is 212 g/mol. The van der Waals surface area contributed by atoms with Gasteiger partial charge in [0.15, 0.2) is 0 Å². The Morgan fingerprint density at radius 3 is 1.64 bits per heavy atom. The Morgan fingerprint density at radius 2 is 1.29 bits per heavy atom. The molecule has 0 amide bonds. The van der Waals surface area contributed by atoms with Gasteiger partial charge in [0.1, 0.15) is 0 Å². The van der Waals surface area contributed by atoms with Crippen molar-refractivity contribution < 1.29 is 0 Å². The van der Waals surface area contributed by atoms with E-state index >= 15 is 0 Å². The number of hydrogen-bond donors (Lipinski definition) is 0. The minimum Gasteiger partial charge on any atom is -0.100 e. The van der Waals surface area contributed by atoms with Gasteiger partial charge >= 0.3 is 0 Å². The van der Waals surface area contributed by atoms with Crippen molar-refractivity contribution in [3.8, 4) is 0 Å². The van der Waals surface area contributed by atoms with Crippen LogP contribution in [0, 0.1) is 0 Å². The normalized spacial score (nSPS) is 25.3. The average Bonchev–Trinajstić information content (AvgIpc) is 2.87. The first kappa shape index (κ1) is 10.9. The van der Waals surface area contributed by atoms with Crippen molar-refractivity contribution >= 4 is 7.92 Å². The molecule has 0 aliphatic heterocycles. The second-order valence-corrected chi connectivity index (χ2v) is 8.05. The van der Waals surface area contributed by atoms with Crippen LogP contribution in [0.3, 0.4) is 0 Å². The summed E-state index contributed by atoms with van der Waals surface area (Å²) in [6, 6.07) is 0. The van der Waals surface area contributed by atoms with Crippen molar-refractivity contribution in [2.45, 2.75) is 76.0 Å². The molecule has 0 bridgehead atoms. The molecule has 0 spiro atoms. The maximum Gasteiger partial charge on any atom is -0.0207 e. The molecule has 0 aromatic rings. The van der Waals surface area contributed by atoms with Crippen LogP contribution in [0.5, 0.6) is 0 Å². The first-order valence-electron chi connectivity index (χ1n) is 6.67. The highest BCUT2D eigenvalue weighted by molar-refractivity contribution is 7.59. The van der Waals surface area contributed by atoms with Crippen LogP contribution in [0.2, 0.25) is 0 Å². The molecule has 2 aliphatic carbocycles. The summed E-state index contributed by atoms with van der Waals surface area (Å²) in [7, 11) is 0.437. The molecule has 0 N–H and O–H groups in total. The van der Waals surface area contributed by atoms with Gasteiger partial charge in [0.2, 0.25) is 0 Å². The first-order chi connectivity index (χ1) is 6.92. The van der Waals surface area contributed by atoms with Crippen LogP contribution in [0.4, 0.5) is 0 Å². The second-order valence-electron chi connectivity index (χ2n) is 5.11. The largest absolute Gasteiger partial charge is 0.100 e.